The number of aryl methyl sites for hydroxylation is 1. The van der Waals surface area contributed by atoms with Crippen molar-refractivity contribution in [3.63, 3.8) is 0 Å². The van der Waals surface area contributed by atoms with Crippen LogP contribution in [-0.4, -0.2) is 52.8 Å². The number of aromatic nitrogens is 2. The minimum Gasteiger partial charge on any atom is -0.353 e. The Morgan fingerprint density at radius 2 is 2.26 bits per heavy atom. The molecular formula is C13H23N5O. The summed E-state index contributed by atoms with van der Waals surface area (Å²) in [6, 6.07) is 0.308. The average Bonchev–Trinajstić information content (AvgIpc) is 2.78. The fraction of sp³-hybridized carbons (Fsp3) is 0.692. The molecule has 0 aliphatic carbocycles. The molecule has 0 radical (unpaired) electrons. The lowest BCUT2D eigenvalue weighted by atomic mass is 10.1. The number of carbonyl (C=O) groups excluding carboxylic acids is 1. The molecule has 0 atom stereocenters. The summed E-state index contributed by atoms with van der Waals surface area (Å²) in [7, 11) is 0. The molecule has 0 aromatic carbocycles. The minimum atomic E-state index is 0.0827. The summed E-state index contributed by atoms with van der Waals surface area (Å²) in [6.45, 7) is 5.66. The van der Waals surface area contributed by atoms with Gasteiger partial charge in [0.05, 0.1) is 19.3 Å². The largest absolute Gasteiger partial charge is 0.353 e. The highest BCUT2D eigenvalue weighted by atomic mass is 16.2. The van der Waals surface area contributed by atoms with Crippen LogP contribution >= 0.6 is 0 Å². The average molecular weight is 265 g/mol. The number of nitrogens with two attached hydrogens (primary N) is 1. The van der Waals surface area contributed by atoms with Crippen molar-refractivity contribution in [1.82, 2.24) is 20.0 Å². The molecule has 1 aromatic rings. The third kappa shape index (κ3) is 4.65. The van der Waals surface area contributed by atoms with E-state index in [4.69, 9.17) is 5.73 Å². The Labute approximate surface area is 113 Å². The fourth-order valence-electron chi connectivity index (χ4n) is 2.27. The van der Waals surface area contributed by atoms with Gasteiger partial charge in [0.15, 0.2) is 0 Å². The van der Waals surface area contributed by atoms with Gasteiger partial charge in [-0.15, -0.1) is 0 Å². The second kappa shape index (κ2) is 6.68. The summed E-state index contributed by atoms with van der Waals surface area (Å²) in [4.78, 5) is 13.9. The smallest absolute Gasteiger partial charge is 0.234 e. The van der Waals surface area contributed by atoms with Gasteiger partial charge in [0.25, 0.3) is 0 Å². The van der Waals surface area contributed by atoms with E-state index in [1.807, 2.05) is 24.0 Å². The molecule has 0 spiro atoms. The Bertz CT molecular complexity index is 409. The molecule has 1 amide bonds. The molecule has 3 N–H and O–H groups in total. The lowest BCUT2D eigenvalue weighted by Gasteiger charge is -2.29. The highest BCUT2D eigenvalue weighted by Gasteiger charge is 2.17. The molecule has 2 heterocycles. The summed E-state index contributed by atoms with van der Waals surface area (Å²) in [5.74, 6) is 0.0827. The number of piperidine rings is 1. The molecule has 106 valence electrons. The third-order valence-corrected chi connectivity index (χ3v) is 3.42. The molecule has 1 saturated heterocycles. The van der Waals surface area contributed by atoms with Crippen molar-refractivity contribution in [1.29, 1.82) is 0 Å². The summed E-state index contributed by atoms with van der Waals surface area (Å²) >= 11 is 0. The van der Waals surface area contributed by atoms with Crippen molar-refractivity contribution in [3.8, 4) is 0 Å². The Morgan fingerprint density at radius 1 is 1.53 bits per heavy atom. The van der Waals surface area contributed by atoms with Gasteiger partial charge in [-0.2, -0.15) is 5.10 Å². The van der Waals surface area contributed by atoms with Gasteiger partial charge < -0.3 is 11.1 Å². The second-order valence-electron chi connectivity index (χ2n) is 5.24. The topological polar surface area (TPSA) is 76.2 Å². The maximum Gasteiger partial charge on any atom is 0.234 e. The molecule has 6 nitrogen and oxygen atoms in total. The van der Waals surface area contributed by atoms with Crippen molar-refractivity contribution >= 4 is 5.91 Å². The number of amides is 1. The third-order valence-electron chi connectivity index (χ3n) is 3.42. The molecule has 0 unspecified atom stereocenters. The molecule has 1 fully saturated rings. The van der Waals surface area contributed by atoms with Gasteiger partial charge in [0, 0.05) is 31.9 Å². The predicted molar refractivity (Wildman–Crippen MR) is 73.6 cm³/mol. The van der Waals surface area contributed by atoms with Crippen LogP contribution in [0.2, 0.25) is 0 Å². The van der Waals surface area contributed by atoms with E-state index in [-0.39, 0.29) is 5.91 Å². The molecular weight excluding hydrogens is 242 g/mol. The first-order valence-corrected chi connectivity index (χ1v) is 6.87. The Balaban J connectivity index is 1.62. The Morgan fingerprint density at radius 3 is 2.89 bits per heavy atom. The number of nitrogens with zero attached hydrogens (tertiary/aromatic N) is 3. The van der Waals surface area contributed by atoms with Crippen LogP contribution in [0.3, 0.4) is 0 Å². The summed E-state index contributed by atoms with van der Waals surface area (Å²) in [6.07, 6.45) is 5.76. The van der Waals surface area contributed by atoms with E-state index in [2.05, 4.69) is 15.3 Å². The van der Waals surface area contributed by atoms with Gasteiger partial charge in [-0.3, -0.25) is 14.4 Å². The zero-order valence-corrected chi connectivity index (χ0v) is 11.5. The zero-order valence-electron chi connectivity index (χ0n) is 11.5. The molecule has 1 aliphatic heterocycles. The maximum absolute atomic E-state index is 11.8. The van der Waals surface area contributed by atoms with E-state index < -0.39 is 0 Å². The van der Waals surface area contributed by atoms with E-state index in [1.165, 1.54) is 0 Å². The van der Waals surface area contributed by atoms with Gasteiger partial charge in [0.2, 0.25) is 5.91 Å². The van der Waals surface area contributed by atoms with Gasteiger partial charge in [0.1, 0.15) is 0 Å². The van der Waals surface area contributed by atoms with E-state index in [0.29, 0.717) is 25.7 Å². The standard InChI is InChI=1S/C13H23N5O/c1-11-8-16-18(9-11)7-4-15-13(19)10-17-5-2-12(14)3-6-17/h8-9,12H,2-7,10,14H2,1H3,(H,15,19). The highest BCUT2D eigenvalue weighted by Crippen LogP contribution is 2.07. The zero-order chi connectivity index (χ0) is 13.7. The number of hydrogen-bond acceptors (Lipinski definition) is 4. The molecule has 19 heavy (non-hydrogen) atoms. The van der Waals surface area contributed by atoms with E-state index in [0.717, 1.165) is 31.5 Å². The summed E-state index contributed by atoms with van der Waals surface area (Å²) in [5.41, 5.74) is 6.97. The Kier molecular flexibility index (Phi) is 4.93. The van der Waals surface area contributed by atoms with E-state index in [1.54, 1.807) is 0 Å². The Hall–Kier alpha value is -1.40. The molecule has 1 aliphatic rings. The lowest BCUT2D eigenvalue weighted by Crippen LogP contribution is -2.44. The lowest BCUT2D eigenvalue weighted by molar-refractivity contribution is -0.122. The first-order chi connectivity index (χ1) is 9.13. The molecule has 6 heteroatoms. The number of likely N-dealkylation sites (tertiary alicyclic amines) is 1. The normalized spacial score (nSPS) is 17.6. The monoisotopic (exact) mass is 265 g/mol. The molecule has 0 bridgehead atoms. The second-order valence-corrected chi connectivity index (χ2v) is 5.24. The highest BCUT2D eigenvalue weighted by molar-refractivity contribution is 5.77. The van der Waals surface area contributed by atoms with Crippen LogP contribution < -0.4 is 11.1 Å². The van der Waals surface area contributed by atoms with Crippen LogP contribution in [-0.2, 0) is 11.3 Å². The van der Waals surface area contributed by atoms with Crippen LogP contribution in [0, 0.1) is 6.92 Å². The first-order valence-electron chi connectivity index (χ1n) is 6.87. The summed E-state index contributed by atoms with van der Waals surface area (Å²) in [5, 5.41) is 7.10. The van der Waals surface area contributed by atoms with Crippen molar-refractivity contribution in [2.45, 2.75) is 32.4 Å². The van der Waals surface area contributed by atoms with E-state index in [9.17, 15) is 4.79 Å². The maximum atomic E-state index is 11.8. The van der Waals surface area contributed by atoms with Crippen LogP contribution in [0.4, 0.5) is 0 Å². The van der Waals surface area contributed by atoms with Crippen LogP contribution in [0.25, 0.3) is 0 Å². The van der Waals surface area contributed by atoms with Gasteiger partial charge in [-0.25, -0.2) is 0 Å². The quantitative estimate of drug-likeness (QED) is 0.768. The van der Waals surface area contributed by atoms with Crippen molar-refractivity contribution in [3.05, 3.63) is 18.0 Å². The van der Waals surface area contributed by atoms with Gasteiger partial charge >= 0.3 is 0 Å². The number of rotatable bonds is 5. The predicted octanol–water partition coefficient (Wildman–Crippen LogP) is -0.269. The molecule has 0 saturated carbocycles. The van der Waals surface area contributed by atoms with Crippen LogP contribution in [0.15, 0.2) is 12.4 Å². The minimum absolute atomic E-state index is 0.0827. The van der Waals surface area contributed by atoms with Crippen LogP contribution in [0.5, 0.6) is 0 Å². The van der Waals surface area contributed by atoms with Crippen molar-refractivity contribution in [2.24, 2.45) is 5.73 Å². The number of hydrogen-bond donors (Lipinski definition) is 2. The van der Waals surface area contributed by atoms with Crippen molar-refractivity contribution < 1.29 is 4.79 Å². The first kappa shape index (κ1) is 14.0. The van der Waals surface area contributed by atoms with Gasteiger partial charge in [-0.1, -0.05) is 0 Å². The molecule has 2 rings (SSSR count). The van der Waals surface area contributed by atoms with Crippen LogP contribution in [0.1, 0.15) is 18.4 Å². The number of nitrogens with one attached hydrogen (secondary N) is 1. The van der Waals surface area contributed by atoms with E-state index >= 15 is 0 Å². The molecule has 1 aromatic heterocycles. The summed E-state index contributed by atoms with van der Waals surface area (Å²) < 4.78 is 1.84. The number of carbonyl (C=O) groups is 1. The van der Waals surface area contributed by atoms with Crippen molar-refractivity contribution in [2.75, 3.05) is 26.2 Å². The fourth-order valence-corrected chi connectivity index (χ4v) is 2.27. The van der Waals surface area contributed by atoms with Gasteiger partial charge in [-0.05, 0) is 25.3 Å². The SMILES string of the molecule is Cc1cnn(CCNC(=O)CN2CCC(N)CC2)c1.